The third-order valence-corrected chi connectivity index (χ3v) is 4.78. The maximum absolute atomic E-state index is 4.48. The second kappa shape index (κ2) is 13.8. The fraction of sp³-hybridized carbons (Fsp3) is 0.765. The number of thiazole rings is 1. The van der Waals surface area contributed by atoms with E-state index < -0.39 is 0 Å². The molecule has 24 heavy (non-hydrogen) atoms. The normalized spacial score (nSPS) is 12.8. The Morgan fingerprint density at radius 3 is 2.62 bits per heavy atom. The third kappa shape index (κ3) is 9.78. The number of halogens is 1. The molecule has 0 amide bonds. The Morgan fingerprint density at radius 1 is 1.38 bits per heavy atom. The van der Waals surface area contributed by atoms with Gasteiger partial charge in [0.2, 0.25) is 0 Å². The van der Waals surface area contributed by atoms with E-state index in [1.54, 1.807) is 11.3 Å². The lowest BCUT2D eigenvalue weighted by atomic mass is 10.2. The summed E-state index contributed by atoms with van der Waals surface area (Å²) >= 11 is 1.71. The first-order valence-corrected chi connectivity index (χ1v) is 9.57. The monoisotopic (exact) mass is 467 g/mol. The Hall–Kier alpha value is -0.410. The van der Waals surface area contributed by atoms with Crippen LogP contribution in [0, 0.1) is 6.92 Å². The Bertz CT molecular complexity index is 460. The van der Waals surface area contributed by atoms with Crippen molar-refractivity contribution in [2.24, 2.45) is 4.99 Å². The zero-order chi connectivity index (χ0) is 17.1. The Kier molecular flexibility index (Phi) is 13.6. The largest absolute Gasteiger partial charge is 0.356 e. The summed E-state index contributed by atoms with van der Waals surface area (Å²) in [5.41, 5.74) is 1.16. The van der Waals surface area contributed by atoms with Crippen LogP contribution in [-0.4, -0.2) is 55.1 Å². The van der Waals surface area contributed by atoms with E-state index in [2.05, 4.69) is 51.7 Å². The molecule has 0 saturated carbocycles. The number of aryl methyl sites for hydroxylation is 1. The van der Waals surface area contributed by atoms with Crippen LogP contribution in [0.25, 0.3) is 0 Å². The van der Waals surface area contributed by atoms with Crippen LogP contribution in [0.3, 0.4) is 0 Å². The highest BCUT2D eigenvalue weighted by Crippen LogP contribution is 2.07. The topological polar surface area (TPSA) is 52.5 Å². The zero-order valence-electron chi connectivity index (χ0n) is 15.8. The molecular weight excluding hydrogens is 433 g/mol. The van der Waals surface area contributed by atoms with E-state index in [-0.39, 0.29) is 24.0 Å². The smallest absolute Gasteiger partial charge is 0.191 e. The van der Waals surface area contributed by atoms with Gasteiger partial charge in [-0.2, -0.15) is 0 Å². The molecule has 7 heteroatoms. The van der Waals surface area contributed by atoms with Crippen LogP contribution in [0.1, 0.15) is 44.3 Å². The zero-order valence-corrected chi connectivity index (χ0v) is 18.9. The second-order valence-corrected chi connectivity index (χ2v) is 6.88. The SMILES string of the molecule is CCN(CC)CCCC(C)NC(=NC)NCCc1csc(C)n1.I. The van der Waals surface area contributed by atoms with Crippen molar-refractivity contribution >= 4 is 41.3 Å². The lowest BCUT2D eigenvalue weighted by molar-refractivity contribution is 0.292. The van der Waals surface area contributed by atoms with Crippen LogP contribution >= 0.6 is 35.3 Å². The number of rotatable bonds is 10. The minimum Gasteiger partial charge on any atom is -0.356 e. The van der Waals surface area contributed by atoms with Crippen LogP contribution in [0.4, 0.5) is 0 Å². The van der Waals surface area contributed by atoms with Crippen LogP contribution in [-0.2, 0) is 6.42 Å². The van der Waals surface area contributed by atoms with Gasteiger partial charge in [-0.25, -0.2) is 4.98 Å². The van der Waals surface area contributed by atoms with Gasteiger partial charge in [-0.1, -0.05) is 13.8 Å². The molecular formula is C17H34IN5S. The summed E-state index contributed by atoms with van der Waals surface area (Å²) in [7, 11) is 1.82. The number of guanidine groups is 1. The van der Waals surface area contributed by atoms with Crippen LogP contribution in [0.2, 0.25) is 0 Å². The van der Waals surface area contributed by atoms with Gasteiger partial charge in [-0.05, 0) is 46.3 Å². The van der Waals surface area contributed by atoms with Gasteiger partial charge in [0.25, 0.3) is 0 Å². The van der Waals surface area contributed by atoms with E-state index >= 15 is 0 Å². The molecule has 140 valence electrons. The molecule has 1 heterocycles. The van der Waals surface area contributed by atoms with Gasteiger partial charge >= 0.3 is 0 Å². The molecule has 1 atom stereocenters. The number of hydrogen-bond donors (Lipinski definition) is 2. The summed E-state index contributed by atoms with van der Waals surface area (Å²) in [5, 5.41) is 10.1. The summed E-state index contributed by atoms with van der Waals surface area (Å²) in [5.74, 6) is 0.882. The van der Waals surface area contributed by atoms with Crippen molar-refractivity contribution in [2.45, 2.75) is 53.0 Å². The van der Waals surface area contributed by atoms with Crippen molar-refractivity contribution in [1.82, 2.24) is 20.5 Å². The standard InChI is InChI=1S/C17H33N5S.HI/c1-6-22(7-2)12-8-9-14(3)20-17(18-5)19-11-10-16-13-23-15(4)21-16;/h13-14H,6-12H2,1-5H3,(H2,18,19,20);1H. The van der Waals surface area contributed by atoms with Crippen molar-refractivity contribution in [1.29, 1.82) is 0 Å². The predicted octanol–water partition coefficient (Wildman–Crippen LogP) is 3.29. The summed E-state index contributed by atoms with van der Waals surface area (Å²) < 4.78 is 0. The second-order valence-electron chi connectivity index (χ2n) is 5.82. The first kappa shape index (κ1) is 23.6. The van der Waals surface area contributed by atoms with Crippen molar-refractivity contribution in [3.63, 3.8) is 0 Å². The maximum atomic E-state index is 4.48. The molecule has 2 N–H and O–H groups in total. The van der Waals surface area contributed by atoms with Gasteiger partial charge in [-0.15, -0.1) is 35.3 Å². The highest BCUT2D eigenvalue weighted by molar-refractivity contribution is 14.0. The first-order valence-electron chi connectivity index (χ1n) is 8.69. The highest BCUT2D eigenvalue weighted by Gasteiger charge is 2.07. The molecule has 0 aliphatic heterocycles. The molecule has 0 fully saturated rings. The molecule has 1 aromatic heterocycles. The number of hydrogen-bond acceptors (Lipinski definition) is 4. The maximum Gasteiger partial charge on any atom is 0.191 e. The number of nitrogens with one attached hydrogen (secondary N) is 2. The van der Waals surface area contributed by atoms with Gasteiger partial charge in [0.05, 0.1) is 10.7 Å². The first-order chi connectivity index (χ1) is 11.1. The van der Waals surface area contributed by atoms with Gasteiger partial charge in [0.15, 0.2) is 5.96 Å². The summed E-state index contributed by atoms with van der Waals surface area (Å²) in [6.07, 6.45) is 3.30. The minimum atomic E-state index is 0. The lowest BCUT2D eigenvalue weighted by Gasteiger charge is -2.21. The Balaban J connectivity index is 0.00000529. The number of aromatic nitrogens is 1. The Morgan fingerprint density at radius 2 is 2.08 bits per heavy atom. The molecule has 0 radical (unpaired) electrons. The average Bonchev–Trinajstić information content (AvgIpc) is 2.96. The molecule has 0 aromatic carbocycles. The van der Waals surface area contributed by atoms with Crippen LogP contribution in [0.5, 0.6) is 0 Å². The molecule has 0 saturated heterocycles. The molecule has 1 unspecified atom stereocenters. The molecule has 0 aliphatic carbocycles. The van der Waals surface area contributed by atoms with Crippen molar-refractivity contribution in [3.05, 3.63) is 16.1 Å². The molecule has 5 nitrogen and oxygen atoms in total. The van der Waals surface area contributed by atoms with Crippen molar-refractivity contribution in [2.75, 3.05) is 33.2 Å². The number of nitrogens with zero attached hydrogens (tertiary/aromatic N) is 3. The summed E-state index contributed by atoms with van der Waals surface area (Å²) in [4.78, 5) is 11.3. The minimum absolute atomic E-state index is 0. The van der Waals surface area contributed by atoms with Crippen molar-refractivity contribution in [3.8, 4) is 0 Å². The fourth-order valence-corrected chi connectivity index (χ4v) is 3.14. The van der Waals surface area contributed by atoms with Crippen LogP contribution in [0.15, 0.2) is 10.4 Å². The van der Waals surface area contributed by atoms with E-state index in [0.29, 0.717) is 6.04 Å². The fourth-order valence-electron chi connectivity index (χ4n) is 2.49. The lowest BCUT2D eigenvalue weighted by Crippen LogP contribution is -2.43. The van der Waals surface area contributed by atoms with E-state index in [4.69, 9.17) is 0 Å². The Labute approximate surface area is 168 Å². The highest BCUT2D eigenvalue weighted by atomic mass is 127. The molecule has 1 rings (SSSR count). The van der Waals surface area contributed by atoms with Crippen molar-refractivity contribution < 1.29 is 0 Å². The average molecular weight is 467 g/mol. The third-order valence-electron chi connectivity index (χ3n) is 3.95. The summed E-state index contributed by atoms with van der Waals surface area (Å²) in [6.45, 7) is 13.0. The molecule has 0 spiro atoms. The van der Waals surface area contributed by atoms with E-state index in [9.17, 15) is 0 Å². The van der Waals surface area contributed by atoms with E-state index in [0.717, 1.165) is 49.1 Å². The number of aliphatic imine (C=N–C) groups is 1. The predicted molar refractivity (Wildman–Crippen MR) is 117 cm³/mol. The van der Waals surface area contributed by atoms with E-state index in [1.165, 1.54) is 13.0 Å². The van der Waals surface area contributed by atoms with Crippen LogP contribution < -0.4 is 10.6 Å². The van der Waals surface area contributed by atoms with Gasteiger partial charge in [0.1, 0.15) is 0 Å². The molecule has 0 bridgehead atoms. The quantitative estimate of drug-likeness (QED) is 0.315. The summed E-state index contributed by atoms with van der Waals surface area (Å²) in [6, 6.07) is 0.429. The van der Waals surface area contributed by atoms with E-state index in [1.807, 2.05) is 14.0 Å². The van der Waals surface area contributed by atoms with Gasteiger partial charge in [-0.3, -0.25) is 4.99 Å². The van der Waals surface area contributed by atoms with Gasteiger partial charge in [0, 0.05) is 31.4 Å². The van der Waals surface area contributed by atoms with Gasteiger partial charge < -0.3 is 15.5 Å². The molecule has 0 aliphatic rings. The molecule has 1 aromatic rings.